The first-order valence-corrected chi connectivity index (χ1v) is 4.11. The van der Waals surface area contributed by atoms with Crippen molar-refractivity contribution in [3.63, 3.8) is 0 Å². The van der Waals surface area contributed by atoms with Crippen LogP contribution >= 0.6 is 23.2 Å². The molecule has 0 saturated carbocycles. The predicted molar refractivity (Wildman–Crippen MR) is 48.6 cm³/mol. The van der Waals surface area contributed by atoms with Gasteiger partial charge >= 0.3 is 0 Å². The Morgan fingerprint density at radius 2 is 2.08 bits per heavy atom. The number of nitrogens with one attached hydrogen (secondary N) is 1. The monoisotopic (exact) mass is 201 g/mol. The van der Waals surface area contributed by atoms with Crippen molar-refractivity contribution in [2.24, 2.45) is 0 Å². The van der Waals surface area contributed by atoms with Gasteiger partial charge < -0.3 is 4.98 Å². The van der Waals surface area contributed by atoms with E-state index < -0.39 is 0 Å². The molecule has 0 saturated heterocycles. The average Bonchev–Trinajstić information content (AvgIpc) is 2.29. The molecule has 2 heterocycles. The van der Waals surface area contributed by atoms with E-state index in [0.717, 1.165) is 11.1 Å². The summed E-state index contributed by atoms with van der Waals surface area (Å²) in [6.45, 7) is 1.92. The Bertz CT molecular complexity index is 435. The number of hydrogen-bond acceptors (Lipinski definition) is 2. The van der Waals surface area contributed by atoms with Crippen molar-refractivity contribution >= 4 is 34.2 Å². The summed E-state index contributed by atoms with van der Waals surface area (Å²) in [5.41, 5.74) is 1.67. The molecule has 0 radical (unpaired) electrons. The van der Waals surface area contributed by atoms with E-state index in [1.54, 1.807) is 0 Å². The second-order valence-corrected chi connectivity index (χ2v) is 3.19. The van der Waals surface area contributed by atoms with Gasteiger partial charge in [-0.05, 0) is 24.6 Å². The number of aryl methyl sites for hydroxylation is 1. The van der Waals surface area contributed by atoms with Crippen molar-refractivity contribution in [2.75, 3.05) is 0 Å². The minimum absolute atomic E-state index is 0.161. The van der Waals surface area contributed by atoms with Crippen LogP contribution in [0.25, 0.3) is 11.0 Å². The SMILES string of the molecule is Cc1cc2c(Cl)nc(Cl)nc2[nH]1. The van der Waals surface area contributed by atoms with Gasteiger partial charge in [-0.1, -0.05) is 11.6 Å². The lowest BCUT2D eigenvalue weighted by atomic mass is 10.4. The van der Waals surface area contributed by atoms with Gasteiger partial charge in [0.2, 0.25) is 5.28 Å². The van der Waals surface area contributed by atoms with Crippen LogP contribution in [0.3, 0.4) is 0 Å². The lowest BCUT2D eigenvalue weighted by molar-refractivity contribution is 1.18. The van der Waals surface area contributed by atoms with Crippen LogP contribution in [0.5, 0.6) is 0 Å². The number of fused-ring (bicyclic) bond motifs is 1. The molecule has 0 aliphatic carbocycles. The highest BCUT2D eigenvalue weighted by atomic mass is 35.5. The summed E-state index contributed by atoms with van der Waals surface area (Å²) < 4.78 is 0. The number of H-pyrrole nitrogens is 1. The topological polar surface area (TPSA) is 41.6 Å². The molecule has 0 aliphatic rings. The van der Waals surface area contributed by atoms with E-state index in [9.17, 15) is 0 Å². The van der Waals surface area contributed by atoms with E-state index in [2.05, 4.69) is 15.0 Å². The van der Waals surface area contributed by atoms with E-state index in [0.29, 0.717) is 10.8 Å². The van der Waals surface area contributed by atoms with Crippen molar-refractivity contribution < 1.29 is 0 Å². The first-order valence-electron chi connectivity index (χ1n) is 3.35. The van der Waals surface area contributed by atoms with Gasteiger partial charge in [0, 0.05) is 5.69 Å². The Balaban J connectivity index is 2.88. The number of aromatic nitrogens is 3. The summed E-state index contributed by atoms with van der Waals surface area (Å²) in [5.74, 6) is 0. The molecule has 2 aromatic rings. The minimum Gasteiger partial charge on any atom is -0.343 e. The molecule has 0 amide bonds. The number of aromatic amines is 1. The summed E-state index contributed by atoms with van der Waals surface area (Å²) >= 11 is 11.4. The molecule has 1 N–H and O–H groups in total. The molecular formula is C7H5Cl2N3. The number of rotatable bonds is 0. The maximum atomic E-state index is 5.82. The zero-order valence-electron chi connectivity index (χ0n) is 6.23. The third kappa shape index (κ3) is 1.15. The van der Waals surface area contributed by atoms with Gasteiger partial charge in [0.05, 0.1) is 5.39 Å². The lowest BCUT2D eigenvalue weighted by Crippen LogP contribution is -1.83. The van der Waals surface area contributed by atoms with Crippen LogP contribution < -0.4 is 0 Å². The third-order valence-electron chi connectivity index (χ3n) is 1.55. The normalized spacial score (nSPS) is 10.9. The third-order valence-corrected chi connectivity index (χ3v) is 2.01. The van der Waals surface area contributed by atoms with E-state index in [-0.39, 0.29) is 5.28 Å². The molecular weight excluding hydrogens is 197 g/mol. The standard InChI is InChI=1S/C7H5Cl2N3/c1-3-2-4-5(8)11-7(9)12-6(4)10-3/h2H,1H3,(H,10,11,12). The van der Waals surface area contributed by atoms with Crippen molar-refractivity contribution in [2.45, 2.75) is 6.92 Å². The summed E-state index contributed by atoms with van der Waals surface area (Å²) in [6, 6.07) is 1.88. The Kier molecular flexibility index (Phi) is 1.70. The molecule has 0 fully saturated rings. The quantitative estimate of drug-likeness (QED) is 0.526. The Morgan fingerprint density at radius 1 is 1.33 bits per heavy atom. The number of hydrogen-bond donors (Lipinski definition) is 1. The van der Waals surface area contributed by atoms with Gasteiger partial charge in [-0.15, -0.1) is 0 Å². The molecule has 0 aromatic carbocycles. The van der Waals surface area contributed by atoms with Crippen LogP contribution in [0, 0.1) is 6.92 Å². The molecule has 2 aromatic heterocycles. The van der Waals surface area contributed by atoms with Crippen LogP contribution in [0.15, 0.2) is 6.07 Å². The summed E-state index contributed by atoms with van der Waals surface area (Å²) in [7, 11) is 0. The fraction of sp³-hybridized carbons (Fsp3) is 0.143. The zero-order valence-corrected chi connectivity index (χ0v) is 7.74. The van der Waals surface area contributed by atoms with Gasteiger partial charge in [-0.3, -0.25) is 0 Å². The Morgan fingerprint density at radius 3 is 2.83 bits per heavy atom. The van der Waals surface area contributed by atoms with Gasteiger partial charge in [0.1, 0.15) is 10.8 Å². The Labute approximate surface area is 78.7 Å². The molecule has 0 atom stereocenters. The molecule has 3 nitrogen and oxygen atoms in total. The average molecular weight is 202 g/mol. The largest absolute Gasteiger partial charge is 0.343 e. The van der Waals surface area contributed by atoms with Crippen LogP contribution in [0.4, 0.5) is 0 Å². The highest BCUT2D eigenvalue weighted by molar-refractivity contribution is 6.35. The van der Waals surface area contributed by atoms with Crippen LogP contribution in [-0.2, 0) is 0 Å². The van der Waals surface area contributed by atoms with Gasteiger partial charge in [0.25, 0.3) is 0 Å². The van der Waals surface area contributed by atoms with Crippen molar-refractivity contribution in [1.29, 1.82) is 0 Å². The minimum atomic E-state index is 0.161. The van der Waals surface area contributed by atoms with Gasteiger partial charge in [-0.2, -0.15) is 4.98 Å². The molecule has 0 aliphatic heterocycles. The molecule has 0 spiro atoms. The first-order chi connectivity index (χ1) is 5.66. The molecule has 62 valence electrons. The predicted octanol–water partition coefficient (Wildman–Crippen LogP) is 2.57. The molecule has 5 heteroatoms. The summed E-state index contributed by atoms with van der Waals surface area (Å²) in [5, 5.41) is 1.35. The highest BCUT2D eigenvalue weighted by Crippen LogP contribution is 2.22. The second-order valence-electron chi connectivity index (χ2n) is 2.50. The number of halogens is 2. The zero-order chi connectivity index (χ0) is 8.72. The highest BCUT2D eigenvalue weighted by Gasteiger charge is 2.05. The summed E-state index contributed by atoms with van der Waals surface area (Å²) in [4.78, 5) is 10.8. The lowest BCUT2D eigenvalue weighted by Gasteiger charge is -1.92. The molecule has 0 unspecified atom stereocenters. The van der Waals surface area contributed by atoms with Gasteiger partial charge in [0.15, 0.2) is 0 Å². The maximum absolute atomic E-state index is 5.82. The van der Waals surface area contributed by atoms with Gasteiger partial charge in [-0.25, -0.2) is 4.98 Å². The molecule has 12 heavy (non-hydrogen) atoms. The molecule has 0 bridgehead atoms. The van der Waals surface area contributed by atoms with Crippen molar-refractivity contribution in [1.82, 2.24) is 15.0 Å². The van der Waals surface area contributed by atoms with Crippen LogP contribution in [0.2, 0.25) is 10.4 Å². The van der Waals surface area contributed by atoms with Crippen LogP contribution in [-0.4, -0.2) is 15.0 Å². The first kappa shape index (κ1) is 7.83. The fourth-order valence-corrected chi connectivity index (χ4v) is 1.52. The van der Waals surface area contributed by atoms with Crippen molar-refractivity contribution in [3.8, 4) is 0 Å². The summed E-state index contributed by atoms with van der Waals surface area (Å²) in [6.07, 6.45) is 0. The van der Waals surface area contributed by atoms with E-state index in [1.807, 2.05) is 13.0 Å². The fourth-order valence-electron chi connectivity index (χ4n) is 1.08. The smallest absolute Gasteiger partial charge is 0.225 e. The van der Waals surface area contributed by atoms with E-state index >= 15 is 0 Å². The number of nitrogens with zero attached hydrogens (tertiary/aromatic N) is 2. The van der Waals surface area contributed by atoms with Crippen LogP contribution in [0.1, 0.15) is 5.69 Å². The maximum Gasteiger partial charge on any atom is 0.225 e. The Hall–Kier alpha value is -0.800. The molecule has 2 rings (SSSR count). The van der Waals surface area contributed by atoms with Crippen molar-refractivity contribution in [3.05, 3.63) is 22.2 Å². The van der Waals surface area contributed by atoms with E-state index in [1.165, 1.54) is 0 Å². The second kappa shape index (κ2) is 2.61. The van der Waals surface area contributed by atoms with E-state index in [4.69, 9.17) is 23.2 Å².